The number of anilines is 2. The Morgan fingerprint density at radius 3 is 2.86 bits per heavy atom. The van der Waals surface area contributed by atoms with Crippen LogP contribution in [0.3, 0.4) is 0 Å². The Morgan fingerprint density at radius 1 is 1.36 bits per heavy atom. The minimum absolute atomic E-state index is 0.167. The van der Waals surface area contributed by atoms with Gasteiger partial charge in [0.15, 0.2) is 4.34 Å². The van der Waals surface area contributed by atoms with Crippen molar-refractivity contribution in [3.05, 3.63) is 24.3 Å². The van der Waals surface area contributed by atoms with Crippen molar-refractivity contribution in [2.75, 3.05) is 19.0 Å². The van der Waals surface area contributed by atoms with Gasteiger partial charge >= 0.3 is 0 Å². The van der Waals surface area contributed by atoms with Gasteiger partial charge in [0.1, 0.15) is 5.75 Å². The summed E-state index contributed by atoms with van der Waals surface area (Å²) in [6.07, 6.45) is 6.01. The number of nitrogens with zero attached hydrogens (tertiary/aromatic N) is 3. The molecule has 1 aliphatic carbocycles. The molecule has 0 aliphatic heterocycles. The number of carbonyl (C=O) groups excluding carboxylic acids is 1. The van der Waals surface area contributed by atoms with Gasteiger partial charge in [-0.3, -0.25) is 4.79 Å². The number of methoxy groups -OCH3 is 1. The van der Waals surface area contributed by atoms with Gasteiger partial charge in [0.25, 0.3) is 0 Å². The van der Waals surface area contributed by atoms with Crippen molar-refractivity contribution >= 4 is 39.8 Å². The summed E-state index contributed by atoms with van der Waals surface area (Å²) in [6.45, 7) is 4.81. The fourth-order valence-corrected chi connectivity index (χ4v) is 5.54. The van der Waals surface area contributed by atoms with Crippen LogP contribution in [0.5, 0.6) is 5.75 Å². The largest absolute Gasteiger partial charge is 0.497 e. The molecule has 6 nitrogen and oxygen atoms in total. The fraction of sp³-hybridized carbons (Fsp3) is 0.550. The van der Waals surface area contributed by atoms with Gasteiger partial charge in [-0.1, -0.05) is 48.4 Å². The Kier molecular flexibility index (Phi) is 7.56. The molecule has 0 bridgehead atoms. The number of thioether (sulfide) groups is 1. The molecule has 28 heavy (non-hydrogen) atoms. The van der Waals surface area contributed by atoms with Crippen LogP contribution in [0.15, 0.2) is 28.6 Å². The van der Waals surface area contributed by atoms with Gasteiger partial charge in [0, 0.05) is 24.3 Å². The van der Waals surface area contributed by atoms with E-state index in [-0.39, 0.29) is 11.2 Å². The lowest BCUT2D eigenvalue weighted by atomic mass is 9.94. The highest BCUT2D eigenvalue weighted by molar-refractivity contribution is 8.02. The molecule has 152 valence electrons. The fourth-order valence-electron chi connectivity index (χ4n) is 3.55. The lowest BCUT2D eigenvalue weighted by Gasteiger charge is -2.35. The summed E-state index contributed by atoms with van der Waals surface area (Å²) in [5.74, 6) is 0.989. The number of amides is 1. The lowest BCUT2D eigenvalue weighted by molar-refractivity contribution is -0.133. The number of rotatable bonds is 8. The van der Waals surface area contributed by atoms with E-state index in [0.29, 0.717) is 11.2 Å². The zero-order chi connectivity index (χ0) is 19.9. The standard InChI is InChI=1S/C20H28N4O2S2/c1-4-24(16-10-6-5-7-11-16)18(25)14(2)27-20-23-22-19(28-20)21-15-9-8-12-17(13-15)26-3/h8-9,12-14,16H,4-7,10-11H2,1-3H3,(H,21,22). The van der Waals surface area contributed by atoms with E-state index in [2.05, 4.69) is 27.3 Å². The predicted octanol–water partition coefficient (Wildman–Crippen LogP) is 4.95. The van der Waals surface area contributed by atoms with Crippen molar-refractivity contribution in [2.45, 2.75) is 61.6 Å². The molecule has 1 heterocycles. The summed E-state index contributed by atoms with van der Waals surface area (Å²) < 4.78 is 6.04. The summed E-state index contributed by atoms with van der Waals surface area (Å²) in [5.41, 5.74) is 0.894. The number of hydrogen-bond acceptors (Lipinski definition) is 7. The minimum atomic E-state index is -0.167. The van der Waals surface area contributed by atoms with Crippen molar-refractivity contribution in [2.24, 2.45) is 0 Å². The number of nitrogens with one attached hydrogen (secondary N) is 1. The zero-order valence-corrected chi connectivity index (χ0v) is 18.3. The average molecular weight is 421 g/mol. The van der Waals surface area contributed by atoms with E-state index >= 15 is 0 Å². The molecule has 1 N–H and O–H groups in total. The molecule has 1 unspecified atom stereocenters. The second-order valence-corrected chi connectivity index (χ2v) is 9.47. The van der Waals surface area contributed by atoms with E-state index in [1.54, 1.807) is 7.11 Å². The van der Waals surface area contributed by atoms with Crippen LogP contribution < -0.4 is 10.1 Å². The maximum absolute atomic E-state index is 13.0. The molecule has 1 aliphatic rings. The monoisotopic (exact) mass is 420 g/mol. The normalized spacial score (nSPS) is 15.8. The summed E-state index contributed by atoms with van der Waals surface area (Å²) in [6, 6.07) is 8.07. The lowest BCUT2D eigenvalue weighted by Crippen LogP contribution is -2.44. The first kappa shape index (κ1) is 20.9. The Balaban J connectivity index is 1.59. The van der Waals surface area contributed by atoms with Crippen LogP contribution in [0.1, 0.15) is 46.0 Å². The topological polar surface area (TPSA) is 67.4 Å². The van der Waals surface area contributed by atoms with E-state index < -0.39 is 0 Å². The van der Waals surface area contributed by atoms with Crippen LogP contribution in [0.2, 0.25) is 0 Å². The smallest absolute Gasteiger partial charge is 0.236 e. The molecule has 1 amide bonds. The third-order valence-corrected chi connectivity index (χ3v) is 7.00. The Labute approximate surface area is 175 Å². The first-order chi connectivity index (χ1) is 13.6. The van der Waals surface area contributed by atoms with Crippen molar-refractivity contribution in [3.63, 3.8) is 0 Å². The van der Waals surface area contributed by atoms with E-state index in [1.807, 2.05) is 31.2 Å². The average Bonchev–Trinajstić information content (AvgIpc) is 3.16. The number of hydrogen-bond donors (Lipinski definition) is 1. The van der Waals surface area contributed by atoms with Crippen LogP contribution >= 0.6 is 23.1 Å². The van der Waals surface area contributed by atoms with Crippen LogP contribution in [-0.4, -0.2) is 46.0 Å². The molecular weight excluding hydrogens is 392 g/mol. The highest BCUT2D eigenvalue weighted by Gasteiger charge is 2.28. The van der Waals surface area contributed by atoms with Gasteiger partial charge in [-0.05, 0) is 38.8 Å². The van der Waals surface area contributed by atoms with Crippen molar-refractivity contribution in [3.8, 4) is 5.75 Å². The molecule has 2 aromatic rings. The molecule has 0 radical (unpaired) electrons. The Hall–Kier alpha value is -1.80. The van der Waals surface area contributed by atoms with Gasteiger partial charge in [-0.15, -0.1) is 10.2 Å². The van der Waals surface area contributed by atoms with Crippen LogP contribution in [-0.2, 0) is 4.79 Å². The third-order valence-electron chi connectivity index (χ3n) is 4.99. The van der Waals surface area contributed by atoms with Crippen LogP contribution in [0.25, 0.3) is 0 Å². The second kappa shape index (κ2) is 10.1. The van der Waals surface area contributed by atoms with E-state index in [1.165, 1.54) is 42.4 Å². The molecule has 1 aromatic heterocycles. The molecule has 1 fully saturated rings. The Morgan fingerprint density at radius 2 is 2.14 bits per heavy atom. The number of aromatic nitrogens is 2. The van der Waals surface area contributed by atoms with E-state index in [0.717, 1.165) is 35.2 Å². The molecule has 3 rings (SSSR count). The van der Waals surface area contributed by atoms with Crippen molar-refractivity contribution in [1.82, 2.24) is 15.1 Å². The van der Waals surface area contributed by atoms with E-state index in [9.17, 15) is 4.79 Å². The summed E-state index contributed by atoms with van der Waals surface area (Å²) in [7, 11) is 1.64. The molecule has 0 saturated heterocycles. The van der Waals surface area contributed by atoms with Gasteiger partial charge in [-0.25, -0.2) is 0 Å². The molecule has 0 spiro atoms. The van der Waals surface area contributed by atoms with Gasteiger partial charge in [0.2, 0.25) is 11.0 Å². The molecule has 1 atom stereocenters. The molecular formula is C20H28N4O2S2. The van der Waals surface area contributed by atoms with Gasteiger partial charge in [-0.2, -0.15) is 0 Å². The number of benzene rings is 1. The van der Waals surface area contributed by atoms with Crippen molar-refractivity contribution in [1.29, 1.82) is 0 Å². The second-order valence-electron chi connectivity index (χ2n) is 6.91. The minimum Gasteiger partial charge on any atom is -0.497 e. The predicted molar refractivity (Wildman–Crippen MR) is 116 cm³/mol. The highest BCUT2D eigenvalue weighted by atomic mass is 32.2. The number of ether oxygens (including phenoxy) is 1. The zero-order valence-electron chi connectivity index (χ0n) is 16.7. The van der Waals surface area contributed by atoms with Gasteiger partial charge in [0.05, 0.1) is 12.4 Å². The maximum Gasteiger partial charge on any atom is 0.236 e. The molecule has 8 heteroatoms. The van der Waals surface area contributed by atoms with Crippen molar-refractivity contribution < 1.29 is 9.53 Å². The highest BCUT2D eigenvalue weighted by Crippen LogP contribution is 2.32. The van der Waals surface area contributed by atoms with Crippen LogP contribution in [0.4, 0.5) is 10.8 Å². The van der Waals surface area contributed by atoms with Crippen LogP contribution in [0, 0.1) is 0 Å². The quantitative estimate of drug-likeness (QED) is 0.609. The summed E-state index contributed by atoms with van der Waals surface area (Å²) >= 11 is 2.95. The van der Waals surface area contributed by atoms with E-state index in [4.69, 9.17) is 4.74 Å². The molecule has 1 saturated carbocycles. The third kappa shape index (κ3) is 5.38. The Bertz CT molecular complexity index is 777. The number of carbonyl (C=O) groups is 1. The molecule has 1 aromatic carbocycles. The maximum atomic E-state index is 13.0. The summed E-state index contributed by atoms with van der Waals surface area (Å²) in [5, 5.41) is 12.2. The first-order valence-electron chi connectivity index (χ1n) is 9.82. The first-order valence-corrected chi connectivity index (χ1v) is 11.5. The SMILES string of the molecule is CCN(C(=O)C(C)Sc1nnc(Nc2cccc(OC)c2)s1)C1CCCCC1. The van der Waals surface area contributed by atoms with Gasteiger partial charge < -0.3 is 15.0 Å². The summed E-state index contributed by atoms with van der Waals surface area (Å²) in [4.78, 5) is 15.0.